The zero-order chi connectivity index (χ0) is 16.6. The fraction of sp³-hybridized carbons (Fsp3) is 0.375. The van der Waals surface area contributed by atoms with E-state index in [0.717, 1.165) is 18.2 Å². The van der Waals surface area contributed by atoms with Crippen LogP contribution in [0.3, 0.4) is 0 Å². The van der Waals surface area contributed by atoms with Gasteiger partial charge < -0.3 is 19.8 Å². The Labute approximate surface area is 131 Å². The van der Waals surface area contributed by atoms with Gasteiger partial charge in [-0.2, -0.15) is 0 Å². The predicted octanol–water partition coefficient (Wildman–Crippen LogP) is 2.07. The summed E-state index contributed by atoms with van der Waals surface area (Å²) in [6.07, 6.45) is 0.965. The SMILES string of the molecule is COC(=O)[C@@]1(O)C[C@@H](c2ccc(F)cc2)C2=C(O1)/C(=N/O)CC2. The Morgan fingerprint density at radius 2 is 2.09 bits per heavy atom. The molecule has 0 amide bonds. The number of methoxy groups -OCH3 is 1. The summed E-state index contributed by atoms with van der Waals surface area (Å²) >= 11 is 0. The van der Waals surface area contributed by atoms with Gasteiger partial charge in [0.1, 0.15) is 17.3 Å². The Hall–Kier alpha value is -2.41. The number of hydrogen-bond acceptors (Lipinski definition) is 6. The molecule has 7 heteroatoms. The van der Waals surface area contributed by atoms with Gasteiger partial charge >= 0.3 is 11.8 Å². The van der Waals surface area contributed by atoms with Gasteiger partial charge in [0.05, 0.1) is 7.11 Å². The highest BCUT2D eigenvalue weighted by atomic mass is 19.1. The number of allylic oxidation sites excluding steroid dienone is 2. The van der Waals surface area contributed by atoms with Crippen LogP contribution in [0.5, 0.6) is 0 Å². The predicted molar refractivity (Wildman–Crippen MR) is 77.3 cm³/mol. The van der Waals surface area contributed by atoms with Crippen LogP contribution in [0.2, 0.25) is 0 Å². The van der Waals surface area contributed by atoms with Crippen molar-refractivity contribution in [3.63, 3.8) is 0 Å². The van der Waals surface area contributed by atoms with Gasteiger partial charge in [0, 0.05) is 18.8 Å². The first-order chi connectivity index (χ1) is 11.0. The summed E-state index contributed by atoms with van der Waals surface area (Å²) in [6, 6.07) is 5.83. The smallest absolute Gasteiger partial charge is 0.379 e. The van der Waals surface area contributed by atoms with Gasteiger partial charge in [0.25, 0.3) is 0 Å². The molecule has 0 spiro atoms. The second kappa shape index (κ2) is 5.66. The van der Waals surface area contributed by atoms with E-state index in [1.54, 1.807) is 12.1 Å². The molecule has 0 saturated heterocycles. The number of halogens is 1. The van der Waals surface area contributed by atoms with E-state index in [1.807, 2.05) is 0 Å². The summed E-state index contributed by atoms with van der Waals surface area (Å²) in [6.45, 7) is 0. The molecule has 1 aliphatic carbocycles. The summed E-state index contributed by atoms with van der Waals surface area (Å²) in [7, 11) is 1.15. The molecule has 1 aromatic rings. The van der Waals surface area contributed by atoms with E-state index in [4.69, 9.17) is 9.94 Å². The van der Waals surface area contributed by atoms with Gasteiger partial charge in [-0.25, -0.2) is 9.18 Å². The Morgan fingerprint density at radius 3 is 2.70 bits per heavy atom. The molecule has 3 rings (SSSR count). The van der Waals surface area contributed by atoms with Gasteiger partial charge in [0.15, 0.2) is 0 Å². The summed E-state index contributed by atoms with van der Waals surface area (Å²) < 4.78 is 23.2. The first-order valence-electron chi connectivity index (χ1n) is 7.18. The van der Waals surface area contributed by atoms with Crippen LogP contribution in [0.25, 0.3) is 0 Å². The van der Waals surface area contributed by atoms with E-state index in [0.29, 0.717) is 12.8 Å². The lowest BCUT2D eigenvalue weighted by molar-refractivity contribution is -0.218. The third kappa shape index (κ3) is 2.57. The van der Waals surface area contributed by atoms with Crippen LogP contribution < -0.4 is 0 Å². The quantitative estimate of drug-likeness (QED) is 0.494. The number of benzene rings is 1. The normalized spacial score (nSPS) is 28.5. The maximum atomic E-state index is 13.2. The van der Waals surface area contributed by atoms with Crippen molar-refractivity contribution in [2.75, 3.05) is 7.11 Å². The first kappa shape index (κ1) is 15.5. The van der Waals surface area contributed by atoms with Crippen LogP contribution in [-0.4, -0.2) is 34.9 Å². The van der Waals surface area contributed by atoms with Crippen LogP contribution in [0.15, 0.2) is 40.8 Å². The number of hydrogen-bond donors (Lipinski definition) is 2. The number of carbonyl (C=O) groups is 1. The number of ether oxygens (including phenoxy) is 2. The van der Waals surface area contributed by atoms with Gasteiger partial charge in [-0.3, -0.25) is 0 Å². The minimum atomic E-state index is -2.17. The standard InChI is InChI=1S/C16H16FNO5/c1-22-15(19)16(20)8-12(9-2-4-10(17)5-3-9)11-6-7-13(18-21)14(11)23-16/h2-5,12,20-21H,6-8H2,1H3/b18-13+/t12-,16+/m0/s1. The minimum absolute atomic E-state index is 0.0527. The highest BCUT2D eigenvalue weighted by molar-refractivity contribution is 6.02. The Morgan fingerprint density at radius 1 is 1.39 bits per heavy atom. The number of oxime groups is 1. The van der Waals surface area contributed by atoms with Crippen molar-refractivity contribution in [3.05, 3.63) is 47.0 Å². The van der Waals surface area contributed by atoms with E-state index in [-0.39, 0.29) is 29.6 Å². The molecule has 0 saturated carbocycles. The average molecular weight is 321 g/mol. The van der Waals surface area contributed by atoms with E-state index in [9.17, 15) is 14.3 Å². The van der Waals surface area contributed by atoms with Gasteiger partial charge in [0.2, 0.25) is 0 Å². The first-order valence-corrected chi connectivity index (χ1v) is 7.18. The van der Waals surface area contributed by atoms with Crippen molar-refractivity contribution in [1.82, 2.24) is 0 Å². The molecule has 0 fully saturated rings. The molecule has 122 valence electrons. The van der Waals surface area contributed by atoms with Crippen molar-refractivity contribution >= 4 is 11.7 Å². The van der Waals surface area contributed by atoms with E-state index < -0.39 is 11.8 Å². The molecular weight excluding hydrogens is 305 g/mol. The van der Waals surface area contributed by atoms with Gasteiger partial charge in [-0.15, -0.1) is 0 Å². The molecule has 0 aromatic heterocycles. The number of rotatable bonds is 2. The summed E-state index contributed by atoms with van der Waals surface area (Å²) in [4.78, 5) is 11.9. The molecule has 2 atom stereocenters. The Balaban J connectivity index is 2.07. The molecule has 0 bridgehead atoms. The molecule has 2 aliphatic rings. The average Bonchev–Trinajstić information content (AvgIpc) is 2.96. The number of nitrogens with zero attached hydrogens (tertiary/aromatic N) is 1. The number of aliphatic hydroxyl groups is 1. The fourth-order valence-electron chi connectivity index (χ4n) is 3.13. The summed E-state index contributed by atoms with van der Waals surface area (Å²) in [5, 5.41) is 22.8. The maximum Gasteiger partial charge on any atom is 0.379 e. The van der Waals surface area contributed by atoms with Crippen molar-refractivity contribution in [2.24, 2.45) is 5.16 Å². The van der Waals surface area contributed by atoms with E-state index in [2.05, 4.69) is 9.89 Å². The highest BCUT2D eigenvalue weighted by Crippen LogP contribution is 2.46. The lowest BCUT2D eigenvalue weighted by Gasteiger charge is -2.36. The van der Waals surface area contributed by atoms with E-state index >= 15 is 0 Å². The lowest BCUT2D eigenvalue weighted by Crippen LogP contribution is -2.46. The second-order valence-electron chi connectivity index (χ2n) is 5.59. The zero-order valence-electron chi connectivity index (χ0n) is 12.5. The Bertz CT molecular complexity index is 697. The van der Waals surface area contributed by atoms with E-state index in [1.165, 1.54) is 12.1 Å². The highest BCUT2D eigenvalue weighted by Gasteiger charge is 2.50. The minimum Gasteiger partial charge on any atom is -0.464 e. The fourth-order valence-corrected chi connectivity index (χ4v) is 3.13. The lowest BCUT2D eigenvalue weighted by atomic mass is 9.82. The third-order valence-electron chi connectivity index (χ3n) is 4.25. The molecule has 1 aromatic carbocycles. The molecule has 0 unspecified atom stereocenters. The molecule has 1 aliphatic heterocycles. The molecule has 23 heavy (non-hydrogen) atoms. The third-order valence-corrected chi connectivity index (χ3v) is 4.25. The van der Waals surface area contributed by atoms with Gasteiger partial charge in [-0.1, -0.05) is 17.3 Å². The van der Waals surface area contributed by atoms with Crippen molar-refractivity contribution in [2.45, 2.75) is 31.0 Å². The van der Waals surface area contributed by atoms with Crippen LogP contribution in [-0.2, 0) is 14.3 Å². The summed E-state index contributed by atoms with van der Waals surface area (Å²) in [5.41, 5.74) is 1.83. The molecule has 1 heterocycles. The van der Waals surface area contributed by atoms with Crippen molar-refractivity contribution < 1.29 is 29.0 Å². The zero-order valence-corrected chi connectivity index (χ0v) is 12.5. The van der Waals surface area contributed by atoms with Crippen LogP contribution in [0, 0.1) is 5.82 Å². The van der Waals surface area contributed by atoms with Crippen molar-refractivity contribution in [3.8, 4) is 0 Å². The van der Waals surface area contributed by atoms with Crippen LogP contribution in [0.1, 0.15) is 30.7 Å². The topological polar surface area (TPSA) is 88.4 Å². The Kier molecular flexibility index (Phi) is 3.81. The molecule has 2 N–H and O–H groups in total. The molecular formula is C16H16FNO5. The van der Waals surface area contributed by atoms with Crippen LogP contribution >= 0.6 is 0 Å². The maximum absolute atomic E-state index is 13.2. The second-order valence-corrected chi connectivity index (χ2v) is 5.59. The van der Waals surface area contributed by atoms with Crippen molar-refractivity contribution in [1.29, 1.82) is 0 Å². The van der Waals surface area contributed by atoms with Gasteiger partial charge in [-0.05, 0) is 29.7 Å². The number of carbonyl (C=O) groups excluding carboxylic acids is 1. The molecule has 6 nitrogen and oxygen atoms in total. The largest absolute Gasteiger partial charge is 0.464 e. The summed E-state index contributed by atoms with van der Waals surface area (Å²) in [5.74, 6) is -3.63. The monoisotopic (exact) mass is 321 g/mol. The van der Waals surface area contributed by atoms with Crippen LogP contribution in [0.4, 0.5) is 4.39 Å². The number of esters is 1. The molecule has 0 radical (unpaired) electrons.